The molecule has 0 aliphatic carbocycles. The van der Waals surface area contributed by atoms with Crippen molar-refractivity contribution in [2.75, 3.05) is 0 Å². The Hall–Kier alpha value is -0.940. The van der Waals surface area contributed by atoms with Crippen LogP contribution in [0.5, 0.6) is 5.88 Å². The summed E-state index contributed by atoms with van der Waals surface area (Å²) >= 11 is 10.6. The van der Waals surface area contributed by atoms with E-state index < -0.39 is 17.7 Å². The largest absolute Gasteiger partial charge is 0.416 e. The van der Waals surface area contributed by atoms with Crippen molar-refractivity contribution in [2.24, 2.45) is 0 Å². The smallest absolute Gasteiger partial charge is 0.388 e. The van der Waals surface area contributed by atoms with Crippen LogP contribution in [0.1, 0.15) is 10.4 Å². The Balaban J connectivity index is 3.08. The van der Waals surface area contributed by atoms with Gasteiger partial charge in [-0.1, -0.05) is 11.6 Å². The number of hydrogen-bond acceptors (Lipinski definition) is 3. The van der Waals surface area contributed by atoms with Gasteiger partial charge in [-0.2, -0.15) is 8.78 Å². The number of carbonyl (C=O) groups is 1. The van der Waals surface area contributed by atoms with E-state index in [4.69, 9.17) is 23.2 Å². The van der Waals surface area contributed by atoms with Gasteiger partial charge in [-0.25, -0.2) is 4.98 Å². The van der Waals surface area contributed by atoms with Crippen LogP contribution < -0.4 is 4.74 Å². The second kappa shape index (κ2) is 4.52. The molecule has 0 bridgehead atoms. The maximum Gasteiger partial charge on any atom is 0.388 e. The minimum atomic E-state index is -3.07. The zero-order chi connectivity index (χ0) is 10.7. The van der Waals surface area contributed by atoms with Gasteiger partial charge in [0, 0.05) is 6.20 Å². The third-order valence-electron chi connectivity index (χ3n) is 1.23. The van der Waals surface area contributed by atoms with E-state index in [1.165, 1.54) is 0 Å². The van der Waals surface area contributed by atoms with E-state index in [0.717, 1.165) is 12.3 Å². The number of rotatable bonds is 3. The number of nitrogens with zero attached hydrogens (tertiary/aromatic N) is 1. The molecule has 0 N–H and O–H groups in total. The van der Waals surface area contributed by atoms with Crippen LogP contribution in [0.3, 0.4) is 0 Å². The Morgan fingerprint density at radius 2 is 2.21 bits per heavy atom. The van der Waals surface area contributed by atoms with E-state index in [0.29, 0.717) is 0 Å². The third kappa shape index (κ3) is 2.78. The Bertz CT molecular complexity index is 360. The minimum absolute atomic E-state index is 0.107. The lowest BCUT2D eigenvalue weighted by atomic mass is 10.3. The minimum Gasteiger partial charge on any atom is -0.416 e. The molecule has 14 heavy (non-hydrogen) atoms. The van der Waals surface area contributed by atoms with Crippen LogP contribution in [-0.4, -0.2) is 16.8 Å². The van der Waals surface area contributed by atoms with Gasteiger partial charge in [0.05, 0.1) is 10.6 Å². The molecule has 0 atom stereocenters. The highest BCUT2D eigenvalue weighted by molar-refractivity contribution is 6.68. The van der Waals surface area contributed by atoms with Gasteiger partial charge < -0.3 is 4.74 Å². The Labute approximate surface area is 87.6 Å². The molecule has 0 saturated heterocycles. The standard InChI is InChI=1S/C7H3Cl2F2NO2/c8-3-1-4(5(9)13)6(12-2-3)14-7(10)11/h1-2,7H. The van der Waals surface area contributed by atoms with Crippen molar-refractivity contribution in [1.29, 1.82) is 0 Å². The summed E-state index contributed by atoms with van der Waals surface area (Å²) in [6.07, 6.45) is 1.07. The Morgan fingerprint density at radius 3 is 2.71 bits per heavy atom. The Morgan fingerprint density at radius 1 is 1.57 bits per heavy atom. The van der Waals surface area contributed by atoms with Crippen LogP contribution in [-0.2, 0) is 0 Å². The molecule has 0 fully saturated rings. The number of halogens is 4. The van der Waals surface area contributed by atoms with Gasteiger partial charge in [0.1, 0.15) is 0 Å². The van der Waals surface area contributed by atoms with Crippen molar-refractivity contribution in [1.82, 2.24) is 4.98 Å². The molecule has 0 radical (unpaired) electrons. The molecule has 0 aliphatic heterocycles. The lowest BCUT2D eigenvalue weighted by Crippen LogP contribution is -2.07. The lowest BCUT2D eigenvalue weighted by Gasteiger charge is -2.06. The van der Waals surface area contributed by atoms with Crippen LogP contribution in [0.25, 0.3) is 0 Å². The molecule has 3 nitrogen and oxygen atoms in total. The van der Waals surface area contributed by atoms with Crippen molar-refractivity contribution >= 4 is 28.4 Å². The summed E-state index contributed by atoms with van der Waals surface area (Å²) in [7, 11) is 0. The molecule has 0 unspecified atom stereocenters. The topological polar surface area (TPSA) is 39.2 Å². The molecule has 0 amide bonds. The second-order valence-electron chi connectivity index (χ2n) is 2.16. The normalized spacial score (nSPS) is 10.4. The molecule has 0 aromatic carbocycles. The predicted molar refractivity (Wildman–Crippen MR) is 46.1 cm³/mol. The number of alkyl halides is 2. The maximum atomic E-state index is 11.8. The fraction of sp³-hybridized carbons (Fsp3) is 0.143. The molecule has 0 aliphatic rings. The first-order valence-corrected chi connectivity index (χ1v) is 4.06. The summed E-state index contributed by atoms with van der Waals surface area (Å²) in [4.78, 5) is 14.1. The number of pyridine rings is 1. The molecule has 7 heteroatoms. The first-order valence-electron chi connectivity index (χ1n) is 3.31. The van der Waals surface area contributed by atoms with Crippen LogP contribution in [0, 0.1) is 0 Å². The molecule has 1 aromatic rings. The number of carbonyl (C=O) groups excluding carboxylic acids is 1. The number of hydrogen-bond donors (Lipinski definition) is 0. The third-order valence-corrected chi connectivity index (χ3v) is 1.64. The Kier molecular flexibility index (Phi) is 3.60. The van der Waals surface area contributed by atoms with Gasteiger partial charge in [0.15, 0.2) is 0 Å². The SMILES string of the molecule is O=C(Cl)c1cc(Cl)cnc1OC(F)F. The summed E-state index contributed by atoms with van der Waals surface area (Å²) < 4.78 is 27.6. The van der Waals surface area contributed by atoms with E-state index in [1.54, 1.807) is 0 Å². The van der Waals surface area contributed by atoms with Crippen molar-refractivity contribution in [2.45, 2.75) is 6.61 Å². The highest BCUT2D eigenvalue weighted by Crippen LogP contribution is 2.22. The fourth-order valence-electron chi connectivity index (χ4n) is 0.746. The molecule has 1 rings (SSSR count). The van der Waals surface area contributed by atoms with Crippen LogP contribution in [0.15, 0.2) is 12.3 Å². The predicted octanol–water partition coefficient (Wildman–Crippen LogP) is 2.72. The quantitative estimate of drug-likeness (QED) is 0.765. The van der Waals surface area contributed by atoms with E-state index in [1.807, 2.05) is 0 Å². The van der Waals surface area contributed by atoms with Gasteiger partial charge in [0.25, 0.3) is 5.24 Å². The van der Waals surface area contributed by atoms with Crippen molar-refractivity contribution < 1.29 is 18.3 Å². The second-order valence-corrected chi connectivity index (χ2v) is 2.94. The molecular weight excluding hydrogens is 239 g/mol. The van der Waals surface area contributed by atoms with Crippen molar-refractivity contribution in [3.8, 4) is 5.88 Å². The molecule has 0 spiro atoms. The number of aromatic nitrogens is 1. The van der Waals surface area contributed by atoms with Crippen molar-refractivity contribution in [3.05, 3.63) is 22.8 Å². The zero-order valence-electron chi connectivity index (χ0n) is 6.51. The van der Waals surface area contributed by atoms with E-state index >= 15 is 0 Å². The van der Waals surface area contributed by atoms with Gasteiger partial charge >= 0.3 is 6.61 Å². The van der Waals surface area contributed by atoms with E-state index in [9.17, 15) is 13.6 Å². The molecule has 1 heterocycles. The lowest BCUT2D eigenvalue weighted by molar-refractivity contribution is -0.0531. The molecular formula is C7H3Cl2F2NO2. The van der Waals surface area contributed by atoms with E-state index in [-0.39, 0.29) is 10.6 Å². The average molecular weight is 242 g/mol. The maximum absolute atomic E-state index is 11.8. The summed E-state index contributed by atoms with van der Waals surface area (Å²) in [6.45, 7) is -3.07. The molecule has 0 saturated carbocycles. The fourth-order valence-corrected chi connectivity index (χ4v) is 1.04. The van der Waals surface area contributed by atoms with Crippen molar-refractivity contribution in [3.63, 3.8) is 0 Å². The summed E-state index contributed by atoms with van der Waals surface area (Å²) in [6, 6.07) is 1.10. The van der Waals surface area contributed by atoms with Gasteiger partial charge in [-0.3, -0.25) is 4.79 Å². The van der Waals surface area contributed by atoms with Crippen LogP contribution >= 0.6 is 23.2 Å². The zero-order valence-corrected chi connectivity index (χ0v) is 8.02. The first-order chi connectivity index (χ1) is 6.50. The van der Waals surface area contributed by atoms with E-state index in [2.05, 4.69) is 9.72 Å². The van der Waals surface area contributed by atoms with Gasteiger partial charge in [-0.15, -0.1) is 0 Å². The summed E-state index contributed by atoms with van der Waals surface area (Å²) in [5.41, 5.74) is -0.292. The molecule has 1 aromatic heterocycles. The molecule has 76 valence electrons. The summed E-state index contributed by atoms with van der Waals surface area (Å²) in [5, 5.41) is -0.855. The average Bonchev–Trinajstić information content (AvgIpc) is 2.07. The van der Waals surface area contributed by atoms with Crippen LogP contribution in [0.4, 0.5) is 8.78 Å². The first kappa shape index (κ1) is 11.1. The summed E-state index contributed by atoms with van der Waals surface area (Å²) in [5.74, 6) is -0.538. The highest BCUT2D eigenvalue weighted by atomic mass is 35.5. The van der Waals surface area contributed by atoms with Gasteiger partial charge in [-0.05, 0) is 17.7 Å². The van der Waals surface area contributed by atoms with Crippen LogP contribution in [0.2, 0.25) is 5.02 Å². The van der Waals surface area contributed by atoms with Gasteiger partial charge in [0.2, 0.25) is 5.88 Å². The highest BCUT2D eigenvalue weighted by Gasteiger charge is 2.16. The monoisotopic (exact) mass is 241 g/mol. The number of ether oxygens (including phenoxy) is 1.